The van der Waals surface area contributed by atoms with Gasteiger partial charge in [-0.15, -0.1) is 0 Å². The van der Waals surface area contributed by atoms with Crippen LogP contribution in [0.25, 0.3) is 0 Å². The zero-order chi connectivity index (χ0) is 17.2. The maximum atomic E-state index is 11.2. The number of carbonyl (C=O) groups excluding carboxylic acids is 2. The second-order valence-electron chi connectivity index (χ2n) is 4.57. The van der Waals surface area contributed by atoms with Gasteiger partial charge in [0.1, 0.15) is 12.6 Å². The van der Waals surface area contributed by atoms with Crippen molar-refractivity contribution in [2.45, 2.75) is 44.1 Å². The highest BCUT2D eigenvalue weighted by molar-refractivity contribution is 5.70. The van der Waals surface area contributed by atoms with Crippen molar-refractivity contribution >= 4 is 11.9 Å². The van der Waals surface area contributed by atoms with E-state index in [1.54, 1.807) is 0 Å². The van der Waals surface area contributed by atoms with Gasteiger partial charge in [-0.1, -0.05) is 0 Å². The number of aliphatic hydroxyl groups is 1. The highest BCUT2D eigenvalue weighted by Crippen LogP contribution is 2.19. The first kappa shape index (κ1) is 20.6. The van der Waals surface area contributed by atoms with Crippen molar-refractivity contribution in [1.29, 1.82) is 0 Å². The number of esters is 1. The number of halogens is 3. The quantitative estimate of drug-likeness (QED) is 0.565. The summed E-state index contributed by atoms with van der Waals surface area (Å²) in [4.78, 5) is 19.9. The van der Waals surface area contributed by atoms with E-state index < -0.39 is 12.1 Å². The summed E-state index contributed by atoms with van der Waals surface area (Å²) >= 11 is 0. The summed E-state index contributed by atoms with van der Waals surface area (Å²) in [6, 6.07) is 0. The molecule has 1 aliphatic heterocycles. The summed E-state index contributed by atoms with van der Waals surface area (Å²) < 4.78 is 42.0. The minimum atomic E-state index is -5.19. The Morgan fingerprint density at radius 2 is 1.86 bits per heavy atom. The highest BCUT2D eigenvalue weighted by Gasteiger charge is 2.28. The number of aliphatic carboxylic acids is 1. The van der Waals surface area contributed by atoms with Crippen LogP contribution in [0, 0.1) is 0 Å². The van der Waals surface area contributed by atoms with Crippen LogP contribution in [0.1, 0.15) is 25.7 Å². The molecule has 0 saturated carbocycles. The Hall–Kier alpha value is -1.39. The van der Waals surface area contributed by atoms with Crippen molar-refractivity contribution in [3.8, 4) is 0 Å². The van der Waals surface area contributed by atoms with E-state index >= 15 is 0 Å². The molecule has 0 aromatic carbocycles. The molecule has 0 amide bonds. The maximum absolute atomic E-state index is 11.2. The van der Waals surface area contributed by atoms with Gasteiger partial charge in [-0.05, 0) is 12.8 Å². The Bertz CT molecular complexity index is 350. The lowest BCUT2D eigenvalue weighted by atomic mass is 10.2. The standard InChI is InChI=1S/C10H19NO4.C2HF3O2/c11-5-1-2-10(13)14-7-9-4-3-8(6-12)15-9;3-2(4,5)1(6)7/h8-9,12H,1-7,11H2;(H,6,7)/t8-,9-;/m1./s1. The molecule has 0 radical (unpaired) electrons. The molecule has 22 heavy (non-hydrogen) atoms. The lowest BCUT2D eigenvalue weighted by Gasteiger charge is -2.12. The number of rotatable bonds is 6. The lowest BCUT2D eigenvalue weighted by Crippen LogP contribution is -2.50. The largest absolute Gasteiger partial charge is 0.542 e. The van der Waals surface area contributed by atoms with Crippen LogP contribution in [0.2, 0.25) is 0 Å². The second-order valence-corrected chi connectivity index (χ2v) is 4.57. The number of hydrogen-bond acceptors (Lipinski definition) is 6. The van der Waals surface area contributed by atoms with E-state index in [0.29, 0.717) is 13.0 Å². The van der Waals surface area contributed by atoms with E-state index in [0.717, 1.165) is 25.8 Å². The molecular weight excluding hydrogens is 311 g/mol. The summed E-state index contributed by atoms with van der Waals surface area (Å²) in [7, 11) is 0. The fourth-order valence-electron chi connectivity index (χ4n) is 1.56. The fourth-order valence-corrected chi connectivity index (χ4v) is 1.56. The highest BCUT2D eigenvalue weighted by atomic mass is 19.4. The number of ether oxygens (including phenoxy) is 2. The molecule has 1 aliphatic rings. The van der Waals surface area contributed by atoms with Crippen molar-refractivity contribution in [2.24, 2.45) is 0 Å². The van der Waals surface area contributed by atoms with Crippen LogP contribution in [0.15, 0.2) is 0 Å². The predicted molar refractivity (Wildman–Crippen MR) is 64.0 cm³/mol. The Morgan fingerprint density at radius 1 is 1.32 bits per heavy atom. The number of quaternary nitrogens is 1. The SMILES string of the molecule is O=C([O-])C(F)(F)F.[NH3+]CCCC(=O)OC[C@H]1CC[C@H](CO)O1. The van der Waals surface area contributed by atoms with Gasteiger partial charge in [-0.25, -0.2) is 0 Å². The first-order valence-electron chi connectivity index (χ1n) is 6.70. The molecule has 1 fully saturated rings. The molecule has 4 N–H and O–H groups in total. The van der Waals surface area contributed by atoms with Crippen molar-refractivity contribution in [3.05, 3.63) is 0 Å². The molecule has 0 aliphatic carbocycles. The molecule has 2 atom stereocenters. The molecule has 130 valence electrons. The van der Waals surface area contributed by atoms with Crippen molar-refractivity contribution in [2.75, 3.05) is 19.8 Å². The van der Waals surface area contributed by atoms with E-state index in [2.05, 4.69) is 5.73 Å². The Morgan fingerprint density at radius 3 is 2.27 bits per heavy atom. The number of alkyl halides is 3. The molecule has 0 unspecified atom stereocenters. The van der Waals surface area contributed by atoms with Crippen LogP contribution in [0.5, 0.6) is 0 Å². The third-order valence-corrected chi connectivity index (χ3v) is 2.69. The Labute approximate surface area is 125 Å². The number of aliphatic hydroxyl groups excluding tert-OH is 1. The van der Waals surface area contributed by atoms with Gasteiger partial charge in [0, 0.05) is 6.42 Å². The van der Waals surface area contributed by atoms with Crippen molar-refractivity contribution in [1.82, 2.24) is 0 Å². The van der Waals surface area contributed by atoms with Crippen molar-refractivity contribution in [3.63, 3.8) is 0 Å². The van der Waals surface area contributed by atoms with E-state index in [1.807, 2.05) is 0 Å². The van der Waals surface area contributed by atoms with Gasteiger partial charge in [0.25, 0.3) is 0 Å². The van der Waals surface area contributed by atoms with Crippen LogP contribution in [-0.2, 0) is 19.1 Å². The molecule has 7 nitrogen and oxygen atoms in total. The molecule has 1 saturated heterocycles. The minimum absolute atomic E-state index is 0.0362. The zero-order valence-electron chi connectivity index (χ0n) is 11.9. The average molecular weight is 331 g/mol. The molecule has 1 rings (SSSR count). The van der Waals surface area contributed by atoms with Gasteiger partial charge in [-0.2, -0.15) is 13.2 Å². The molecule has 1 heterocycles. The van der Waals surface area contributed by atoms with Crippen LogP contribution >= 0.6 is 0 Å². The van der Waals surface area contributed by atoms with Crippen LogP contribution in [0.3, 0.4) is 0 Å². The van der Waals surface area contributed by atoms with Crippen molar-refractivity contribution < 1.29 is 48.2 Å². The van der Waals surface area contributed by atoms with Gasteiger partial charge in [0.2, 0.25) is 0 Å². The first-order chi connectivity index (χ1) is 10.2. The van der Waals surface area contributed by atoms with Gasteiger partial charge in [0.15, 0.2) is 0 Å². The molecule has 0 spiro atoms. The third kappa shape index (κ3) is 9.53. The lowest BCUT2D eigenvalue weighted by molar-refractivity contribution is -0.368. The Balaban J connectivity index is 0.000000534. The van der Waals surface area contributed by atoms with E-state index in [4.69, 9.17) is 24.5 Å². The van der Waals surface area contributed by atoms with Crippen LogP contribution in [0.4, 0.5) is 13.2 Å². The summed E-state index contributed by atoms with van der Waals surface area (Å²) in [5.41, 5.74) is 3.66. The number of carboxylic acids is 1. The normalized spacial score (nSPS) is 21.0. The molecule has 0 aromatic heterocycles. The zero-order valence-corrected chi connectivity index (χ0v) is 11.9. The van der Waals surface area contributed by atoms with Gasteiger partial charge in [0.05, 0.1) is 31.8 Å². The Kier molecular flexibility index (Phi) is 9.70. The smallest absolute Gasteiger partial charge is 0.430 e. The van der Waals surface area contributed by atoms with E-state index in [1.165, 1.54) is 0 Å². The van der Waals surface area contributed by atoms with Gasteiger partial charge < -0.3 is 30.2 Å². The topological polar surface area (TPSA) is 124 Å². The summed E-state index contributed by atoms with van der Waals surface area (Å²) in [5, 5.41) is 17.6. The molecular formula is C12H20F3NO6. The van der Waals surface area contributed by atoms with Gasteiger partial charge in [-0.3, -0.25) is 4.79 Å². The minimum Gasteiger partial charge on any atom is -0.542 e. The van der Waals surface area contributed by atoms with Crippen LogP contribution in [-0.4, -0.2) is 55.2 Å². The number of carbonyl (C=O) groups is 2. The summed E-state index contributed by atoms with van der Waals surface area (Å²) in [6.07, 6.45) is -2.41. The summed E-state index contributed by atoms with van der Waals surface area (Å²) in [6.45, 7) is 1.11. The summed E-state index contributed by atoms with van der Waals surface area (Å²) in [5.74, 6) is -3.19. The maximum Gasteiger partial charge on any atom is 0.430 e. The van der Waals surface area contributed by atoms with Crippen LogP contribution < -0.4 is 10.8 Å². The number of hydrogen-bond donors (Lipinski definition) is 2. The van der Waals surface area contributed by atoms with E-state index in [-0.39, 0.29) is 24.8 Å². The predicted octanol–water partition coefficient (Wildman–Crippen LogP) is -1.61. The molecule has 10 heteroatoms. The monoisotopic (exact) mass is 331 g/mol. The molecule has 0 aromatic rings. The fraction of sp³-hybridized carbons (Fsp3) is 0.833. The average Bonchev–Trinajstić information content (AvgIpc) is 2.90. The van der Waals surface area contributed by atoms with Gasteiger partial charge >= 0.3 is 12.1 Å². The molecule has 0 bridgehead atoms. The van der Waals surface area contributed by atoms with E-state index in [9.17, 15) is 18.0 Å². The first-order valence-corrected chi connectivity index (χ1v) is 6.70. The number of carboxylic acid groups (broad SMARTS) is 1. The third-order valence-electron chi connectivity index (χ3n) is 2.69. The second kappa shape index (κ2) is 10.4.